The fraction of sp³-hybridized carbons (Fsp3) is 0.125. The van der Waals surface area contributed by atoms with Gasteiger partial charge in [0.15, 0.2) is 5.78 Å². The van der Waals surface area contributed by atoms with E-state index in [9.17, 15) is 4.79 Å². The van der Waals surface area contributed by atoms with Crippen molar-refractivity contribution < 1.29 is 4.79 Å². The van der Waals surface area contributed by atoms with E-state index in [2.05, 4.69) is 4.99 Å². The van der Waals surface area contributed by atoms with Gasteiger partial charge < -0.3 is 0 Å². The quantitative estimate of drug-likeness (QED) is 0.745. The largest absolute Gasteiger partial charge is 0.292 e. The van der Waals surface area contributed by atoms with Crippen LogP contribution in [-0.2, 0) is 11.2 Å². The van der Waals surface area contributed by atoms with Crippen LogP contribution in [-0.4, -0.2) is 11.5 Å². The fourth-order valence-corrected chi connectivity index (χ4v) is 2.20. The predicted octanol–water partition coefficient (Wildman–Crippen LogP) is 3.32. The summed E-state index contributed by atoms with van der Waals surface area (Å²) in [6.07, 6.45) is 1.31. The molecule has 2 heteroatoms. The lowest BCUT2D eigenvalue weighted by Crippen LogP contribution is -2.14. The third-order valence-corrected chi connectivity index (χ3v) is 3.16. The van der Waals surface area contributed by atoms with Crippen molar-refractivity contribution in [3.63, 3.8) is 0 Å². The van der Waals surface area contributed by atoms with Crippen molar-refractivity contribution in [2.45, 2.75) is 12.8 Å². The van der Waals surface area contributed by atoms with E-state index in [4.69, 9.17) is 0 Å². The minimum Gasteiger partial charge on any atom is -0.292 e. The molecule has 0 amide bonds. The smallest absolute Gasteiger partial charge is 0.182 e. The Labute approximate surface area is 106 Å². The molecule has 0 atom stereocenters. The van der Waals surface area contributed by atoms with Crippen molar-refractivity contribution in [1.29, 1.82) is 0 Å². The number of carbonyl (C=O) groups is 1. The van der Waals surface area contributed by atoms with Crippen LogP contribution < -0.4 is 0 Å². The second kappa shape index (κ2) is 4.57. The maximum Gasteiger partial charge on any atom is 0.182 e. The van der Waals surface area contributed by atoms with Crippen molar-refractivity contribution in [3.05, 3.63) is 65.7 Å². The molecule has 1 aliphatic rings. The highest BCUT2D eigenvalue weighted by Gasteiger charge is 2.18. The van der Waals surface area contributed by atoms with Crippen LogP contribution in [0.25, 0.3) is 0 Å². The molecule has 2 aromatic rings. The van der Waals surface area contributed by atoms with Crippen LogP contribution in [0, 0.1) is 0 Å². The number of aliphatic imine (C=N–C) groups is 1. The Hall–Kier alpha value is -2.22. The molecule has 0 fully saturated rings. The molecule has 0 bridgehead atoms. The molecule has 0 N–H and O–H groups in total. The van der Waals surface area contributed by atoms with E-state index < -0.39 is 0 Å². The predicted molar refractivity (Wildman–Crippen MR) is 72.4 cm³/mol. The summed E-state index contributed by atoms with van der Waals surface area (Å²) in [7, 11) is 0. The third kappa shape index (κ3) is 1.97. The number of rotatable bonds is 1. The van der Waals surface area contributed by atoms with Gasteiger partial charge in [-0.05, 0) is 18.1 Å². The maximum absolute atomic E-state index is 12.2. The first-order chi connectivity index (χ1) is 8.84. The zero-order chi connectivity index (χ0) is 12.4. The van der Waals surface area contributed by atoms with Gasteiger partial charge in [0.25, 0.3) is 0 Å². The molecule has 3 rings (SSSR count). The highest BCUT2D eigenvalue weighted by atomic mass is 16.1. The van der Waals surface area contributed by atoms with Gasteiger partial charge in [0.05, 0.1) is 5.69 Å². The Morgan fingerprint density at radius 2 is 1.56 bits per heavy atom. The van der Waals surface area contributed by atoms with E-state index in [-0.39, 0.29) is 5.78 Å². The zero-order valence-electron chi connectivity index (χ0n) is 9.97. The number of nitrogens with zero attached hydrogens (tertiary/aromatic N) is 1. The van der Waals surface area contributed by atoms with Gasteiger partial charge in [0.1, 0.15) is 5.71 Å². The van der Waals surface area contributed by atoms with Crippen molar-refractivity contribution in [1.82, 2.24) is 0 Å². The molecule has 0 spiro atoms. The highest BCUT2D eigenvalue weighted by molar-refractivity contribution is 6.46. The summed E-state index contributed by atoms with van der Waals surface area (Å²) >= 11 is 0. The molecule has 0 unspecified atom stereocenters. The van der Waals surface area contributed by atoms with Crippen molar-refractivity contribution >= 4 is 17.2 Å². The summed E-state index contributed by atoms with van der Waals surface area (Å²) in [6.45, 7) is 0. The summed E-state index contributed by atoms with van der Waals surface area (Å²) in [5.41, 5.74) is 3.55. The first-order valence-corrected chi connectivity index (χ1v) is 6.10. The van der Waals surface area contributed by atoms with Crippen LogP contribution in [0.3, 0.4) is 0 Å². The van der Waals surface area contributed by atoms with Crippen molar-refractivity contribution in [2.24, 2.45) is 4.99 Å². The van der Waals surface area contributed by atoms with Gasteiger partial charge in [-0.25, -0.2) is 4.99 Å². The van der Waals surface area contributed by atoms with Crippen LogP contribution >= 0.6 is 0 Å². The monoisotopic (exact) mass is 235 g/mol. The molecule has 18 heavy (non-hydrogen) atoms. The lowest BCUT2D eigenvalue weighted by atomic mass is 10.0. The van der Waals surface area contributed by atoms with Crippen LogP contribution in [0.1, 0.15) is 17.5 Å². The first kappa shape index (κ1) is 10.9. The Balaban J connectivity index is 2.13. The topological polar surface area (TPSA) is 29.4 Å². The molecule has 0 aromatic heterocycles. The van der Waals surface area contributed by atoms with Crippen molar-refractivity contribution in [3.8, 4) is 0 Å². The van der Waals surface area contributed by atoms with E-state index in [0.717, 1.165) is 23.2 Å². The lowest BCUT2D eigenvalue weighted by molar-refractivity contribution is -0.112. The number of benzene rings is 2. The lowest BCUT2D eigenvalue weighted by Gasteiger charge is -2.02. The highest BCUT2D eigenvalue weighted by Crippen LogP contribution is 2.25. The number of carbonyl (C=O) groups excluding carboxylic acids is 1. The van der Waals surface area contributed by atoms with E-state index >= 15 is 0 Å². The number of ketones is 1. The molecule has 2 nitrogen and oxygen atoms in total. The molecular formula is C16H13NO. The van der Waals surface area contributed by atoms with E-state index in [1.807, 2.05) is 54.6 Å². The Kier molecular flexibility index (Phi) is 2.77. The van der Waals surface area contributed by atoms with Gasteiger partial charge in [-0.2, -0.15) is 0 Å². The molecule has 0 aliphatic carbocycles. The summed E-state index contributed by atoms with van der Waals surface area (Å²) in [5, 5.41) is 0. The maximum atomic E-state index is 12.2. The van der Waals surface area contributed by atoms with Gasteiger partial charge in [-0.1, -0.05) is 48.5 Å². The molecule has 0 radical (unpaired) electrons. The summed E-state index contributed by atoms with van der Waals surface area (Å²) in [5.74, 6) is 0.123. The molecule has 0 saturated carbocycles. The van der Waals surface area contributed by atoms with Crippen molar-refractivity contribution in [2.75, 3.05) is 0 Å². The van der Waals surface area contributed by atoms with Crippen LogP contribution in [0.5, 0.6) is 0 Å². The fourth-order valence-electron chi connectivity index (χ4n) is 2.20. The van der Waals surface area contributed by atoms with Gasteiger partial charge in [-0.15, -0.1) is 0 Å². The average molecular weight is 235 g/mol. The van der Waals surface area contributed by atoms with Crippen LogP contribution in [0.2, 0.25) is 0 Å². The number of para-hydroxylation sites is 1. The second-order valence-corrected chi connectivity index (χ2v) is 4.38. The average Bonchev–Trinajstić information content (AvgIpc) is 2.60. The Bertz CT molecular complexity index is 614. The van der Waals surface area contributed by atoms with E-state index in [1.165, 1.54) is 0 Å². The number of hydrogen-bond acceptors (Lipinski definition) is 2. The first-order valence-electron chi connectivity index (χ1n) is 6.10. The number of Topliss-reactive ketones (excluding diaryl/α,β-unsaturated/α-hetero) is 1. The molecular weight excluding hydrogens is 222 g/mol. The standard InChI is InChI=1S/C16H13NO/c18-15-11-10-12-6-4-5-9-14(12)17-16(15)13-7-2-1-3-8-13/h1-9H,10-11H2. The van der Waals surface area contributed by atoms with E-state index in [0.29, 0.717) is 12.1 Å². The van der Waals surface area contributed by atoms with Gasteiger partial charge in [-0.3, -0.25) is 4.79 Å². The molecule has 88 valence electrons. The van der Waals surface area contributed by atoms with Gasteiger partial charge in [0.2, 0.25) is 0 Å². The number of hydrogen-bond donors (Lipinski definition) is 0. The number of fused-ring (bicyclic) bond motifs is 1. The number of aryl methyl sites for hydroxylation is 1. The molecule has 1 heterocycles. The van der Waals surface area contributed by atoms with Crippen LogP contribution in [0.4, 0.5) is 5.69 Å². The van der Waals surface area contributed by atoms with E-state index in [1.54, 1.807) is 0 Å². The van der Waals surface area contributed by atoms with Crippen LogP contribution in [0.15, 0.2) is 59.6 Å². The Morgan fingerprint density at radius 1 is 0.833 bits per heavy atom. The molecule has 0 saturated heterocycles. The minimum absolute atomic E-state index is 0.123. The molecule has 1 aliphatic heterocycles. The molecule has 2 aromatic carbocycles. The summed E-state index contributed by atoms with van der Waals surface area (Å²) in [6, 6.07) is 17.6. The normalized spacial score (nSPS) is 14.7. The Morgan fingerprint density at radius 3 is 2.39 bits per heavy atom. The van der Waals surface area contributed by atoms with Gasteiger partial charge >= 0.3 is 0 Å². The minimum atomic E-state index is 0.123. The van der Waals surface area contributed by atoms with Gasteiger partial charge in [0, 0.05) is 12.0 Å². The zero-order valence-corrected chi connectivity index (χ0v) is 9.97. The summed E-state index contributed by atoms with van der Waals surface area (Å²) < 4.78 is 0. The summed E-state index contributed by atoms with van der Waals surface area (Å²) in [4.78, 5) is 16.7. The second-order valence-electron chi connectivity index (χ2n) is 4.38. The third-order valence-electron chi connectivity index (χ3n) is 3.16. The SMILES string of the molecule is O=C1CCc2ccccc2N=C1c1ccccc1.